The Balaban J connectivity index is 2.55. The molecule has 1 radical (unpaired) electrons. The van der Waals surface area contributed by atoms with Crippen molar-refractivity contribution in [2.45, 2.75) is 0 Å². The molecule has 0 aliphatic heterocycles. The van der Waals surface area contributed by atoms with Gasteiger partial charge in [0.2, 0.25) is 0 Å². The molecule has 0 fully saturated rings. The Bertz CT molecular complexity index is 310. The number of benzene rings is 1. The van der Waals surface area contributed by atoms with Crippen molar-refractivity contribution in [2.75, 3.05) is 31.6 Å². The number of carbonyl (C=O) groups excluding carboxylic acids is 1. The SMILES string of the molecule is O=C(Nc1cc[c]cc1)N(CCO)CCO. The van der Waals surface area contributed by atoms with Crippen LogP contribution in [0.25, 0.3) is 0 Å². The number of hydrogen-bond acceptors (Lipinski definition) is 3. The van der Waals surface area contributed by atoms with Crippen molar-refractivity contribution in [1.29, 1.82) is 0 Å². The van der Waals surface area contributed by atoms with E-state index in [1.165, 1.54) is 4.90 Å². The van der Waals surface area contributed by atoms with Crippen LogP contribution in [-0.2, 0) is 0 Å². The van der Waals surface area contributed by atoms with Gasteiger partial charge in [-0.2, -0.15) is 0 Å². The Hall–Kier alpha value is -1.59. The number of aliphatic hydroxyl groups excluding tert-OH is 2. The Morgan fingerprint density at radius 1 is 1.25 bits per heavy atom. The topological polar surface area (TPSA) is 72.8 Å². The minimum Gasteiger partial charge on any atom is -0.395 e. The molecule has 0 unspecified atom stereocenters. The van der Waals surface area contributed by atoms with Gasteiger partial charge in [0.15, 0.2) is 0 Å². The minimum atomic E-state index is -0.339. The molecule has 1 aromatic carbocycles. The van der Waals surface area contributed by atoms with Gasteiger partial charge in [0.05, 0.1) is 13.2 Å². The maximum Gasteiger partial charge on any atom is 0.321 e. The fraction of sp³-hybridized carbons (Fsp3) is 0.364. The maximum absolute atomic E-state index is 11.7. The Labute approximate surface area is 94.3 Å². The molecule has 0 spiro atoms. The molecule has 87 valence electrons. The summed E-state index contributed by atoms with van der Waals surface area (Å²) in [5, 5.41) is 20.2. The molecule has 5 nitrogen and oxygen atoms in total. The monoisotopic (exact) mass is 223 g/mol. The molecule has 16 heavy (non-hydrogen) atoms. The highest BCUT2D eigenvalue weighted by Gasteiger charge is 2.11. The first kappa shape index (κ1) is 12.5. The molecule has 0 atom stereocenters. The molecule has 3 N–H and O–H groups in total. The lowest BCUT2D eigenvalue weighted by atomic mass is 10.3. The van der Waals surface area contributed by atoms with Crippen LogP contribution in [0.5, 0.6) is 0 Å². The quantitative estimate of drug-likeness (QED) is 0.672. The van der Waals surface area contributed by atoms with E-state index in [9.17, 15) is 4.79 Å². The summed E-state index contributed by atoms with van der Waals surface area (Å²) in [6.07, 6.45) is 0. The third-order valence-corrected chi connectivity index (χ3v) is 2.00. The average molecular weight is 223 g/mol. The summed E-state index contributed by atoms with van der Waals surface area (Å²) in [4.78, 5) is 13.0. The first-order chi connectivity index (χ1) is 7.77. The summed E-state index contributed by atoms with van der Waals surface area (Å²) in [5.41, 5.74) is 0.657. The smallest absolute Gasteiger partial charge is 0.321 e. The molecule has 2 amide bonds. The molecular weight excluding hydrogens is 208 g/mol. The molecule has 0 saturated heterocycles. The molecule has 0 aliphatic rings. The van der Waals surface area contributed by atoms with E-state index in [0.717, 1.165) is 0 Å². The number of anilines is 1. The van der Waals surface area contributed by atoms with E-state index in [-0.39, 0.29) is 32.3 Å². The molecule has 0 aliphatic carbocycles. The van der Waals surface area contributed by atoms with E-state index >= 15 is 0 Å². The third kappa shape index (κ3) is 3.88. The highest BCUT2D eigenvalue weighted by atomic mass is 16.3. The number of nitrogens with one attached hydrogen (secondary N) is 1. The predicted molar refractivity (Wildman–Crippen MR) is 60.0 cm³/mol. The average Bonchev–Trinajstić information content (AvgIpc) is 2.30. The van der Waals surface area contributed by atoms with Crippen LogP contribution in [0.15, 0.2) is 24.3 Å². The molecule has 0 saturated carbocycles. The van der Waals surface area contributed by atoms with Gasteiger partial charge < -0.3 is 20.4 Å². The van der Waals surface area contributed by atoms with Gasteiger partial charge in [0, 0.05) is 18.8 Å². The van der Waals surface area contributed by atoms with Crippen molar-refractivity contribution >= 4 is 11.7 Å². The van der Waals surface area contributed by atoms with Gasteiger partial charge in [-0.15, -0.1) is 0 Å². The van der Waals surface area contributed by atoms with Crippen LogP contribution < -0.4 is 5.32 Å². The van der Waals surface area contributed by atoms with Crippen molar-refractivity contribution in [3.05, 3.63) is 30.3 Å². The first-order valence-corrected chi connectivity index (χ1v) is 5.01. The van der Waals surface area contributed by atoms with E-state index < -0.39 is 0 Å². The fourth-order valence-electron chi connectivity index (χ4n) is 1.23. The van der Waals surface area contributed by atoms with Crippen LogP contribution in [0.3, 0.4) is 0 Å². The summed E-state index contributed by atoms with van der Waals surface area (Å²) in [5.74, 6) is 0. The highest BCUT2D eigenvalue weighted by Crippen LogP contribution is 2.05. The fourth-order valence-corrected chi connectivity index (χ4v) is 1.23. The number of urea groups is 1. The normalized spacial score (nSPS) is 9.88. The van der Waals surface area contributed by atoms with Crippen LogP contribution in [0, 0.1) is 6.07 Å². The molecule has 0 heterocycles. The van der Waals surface area contributed by atoms with Crippen LogP contribution in [0.4, 0.5) is 10.5 Å². The van der Waals surface area contributed by atoms with Gasteiger partial charge in [0.25, 0.3) is 0 Å². The zero-order valence-corrected chi connectivity index (χ0v) is 8.89. The highest BCUT2D eigenvalue weighted by molar-refractivity contribution is 5.89. The summed E-state index contributed by atoms with van der Waals surface area (Å²) >= 11 is 0. The Kier molecular flexibility index (Phi) is 5.31. The summed E-state index contributed by atoms with van der Waals surface area (Å²) in [6.45, 7) is 0.142. The number of amides is 2. The number of nitrogens with zero attached hydrogens (tertiary/aromatic N) is 1. The molecule has 0 bridgehead atoms. The minimum absolute atomic E-state index is 0.129. The maximum atomic E-state index is 11.7. The second-order valence-electron chi connectivity index (χ2n) is 3.15. The zero-order valence-electron chi connectivity index (χ0n) is 8.89. The van der Waals surface area contributed by atoms with Crippen LogP contribution in [0.2, 0.25) is 0 Å². The molecular formula is C11H15N2O3. The third-order valence-electron chi connectivity index (χ3n) is 2.00. The molecule has 5 heteroatoms. The van der Waals surface area contributed by atoms with E-state index in [4.69, 9.17) is 10.2 Å². The van der Waals surface area contributed by atoms with Gasteiger partial charge in [-0.1, -0.05) is 12.1 Å². The van der Waals surface area contributed by atoms with Crippen molar-refractivity contribution in [1.82, 2.24) is 4.90 Å². The van der Waals surface area contributed by atoms with Crippen molar-refractivity contribution < 1.29 is 15.0 Å². The molecule has 1 rings (SSSR count). The summed E-state index contributed by atoms with van der Waals surface area (Å²) < 4.78 is 0. The lowest BCUT2D eigenvalue weighted by molar-refractivity contribution is 0.167. The zero-order chi connectivity index (χ0) is 11.8. The Morgan fingerprint density at radius 3 is 2.31 bits per heavy atom. The van der Waals surface area contributed by atoms with Crippen molar-refractivity contribution in [2.24, 2.45) is 0 Å². The van der Waals surface area contributed by atoms with Crippen molar-refractivity contribution in [3.63, 3.8) is 0 Å². The largest absolute Gasteiger partial charge is 0.395 e. The Morgan fingerprint density at radius 2 is 1.81 bits per heavy atom. The number of carbonyl (C=O) groups is 1. The molecule has 1 aromatic rings. The second kappa shape index (κ2) is 6.81. The van der Waals surface area contributed by atoms with Crippen LogP contribution in [0.1, 0.15) is 0 Å². The standard InChI is InChI=1S/C11H15N2O3/c14-8-6-13(7-9-15)11(16)12-10-4-2-1-3-5-10/h2-5,14-15H,6-9H2,(H,12,16). The van der Waals surface area contributed by atoms with Gasteiger partial charge in [-0.05, 0) is 18.2 Å². The molecule has 0 aromatic heterocycles. The predicted octanol–water partition coefficient (Wildman–Crippen LogP) is 0.305. The van der Waals surface area contributed by atoms with E-state index in [2.05, 4.69) is 11.4 Å². The summed E-state index contributed by atoms with van der Waals surface area (Å²) in [7, 11) is 0. The second-order valence-corrected chi connectivity index (χ2v) is 3.15. The van der Waals surface area contributed by atoms with Crippen molar-refractivity contribution in [3.8, 4) is 0 Å². The van der Waals surface area contributed by atoms with Gasteiger partial charge in [-0.25, -0.2) is 4.79 Å². The van der Waals surface area contributed by atoms with E-state index in [1.54, 1.807) is 24.3 Å². The number of rotatable bonds is 5. The first-order valence-electron chi connectivity index (χ1n) is 5.01. The number of aliphatic hydroxyl groups is 2. The van der Waals surface area contributed by atoms with E-state index in [1.807, 2.05) is 0 Å². The number of hydrogen-bond donors (Lipinski definition) is 3. The van der Waals surface area contributed by atoms with E-state index in [0.29, 0.717) is 5.69 Å². The lowest BCUT2D eigenvalue weighted by Crippen LogP contribution is -2.38. The van der Waals surface area contributed by atoms with Gasteiger partial charge >= 0.3 is 6.03 Å². The van der Waals surface area contributed by atoms with Crippen LogP contribution in [-0.4, -0.2) is 47.4 Å². The van der Waals surface area contributed by atoms with Gasteiger partial charge in [0.1, 0.15) is 0 Å². The lowest BCUT2D eigenvalue weighted by Gasteiger charge is -2.20. The summed E-state index contributed by atoms with van der Waals surface area (Å²) in [6, 6.07) is 9.32. The van der Waals surface area contributed by atoms with Crippen LogP contribution >= 0.6 is 0 Å². The van der Waals surface area contributed by atoms with Gasteiger partial charge in [-0.3, -0.25) is 0 Å².